The fourth-order valence-electron chi connectivity index (χ4n) is 4.40. The van der Waals surface area contributed by atoms with Crippen molar-refractivity contribution in [3.63, 3.8) is 0 Å². The van der Waals surface area contributed by atoms with Gasteiger partial charge in [0.15, 0.2) is 0 Å². The molecular formula is C21H30N6O4S. The number of aromatic nitrogens is 3. The first-order chi connectivity index (χ1) is 15.4. The first-order valence-corrected chi connectivity index (χ1v) is 12.7. The third-order valence-electron chi connectivity index (χ3n) is 6.12. The summed E-state index contributed by atoms with van der Waals surface area (Å²) in [7, 11) is -3.34. The molecule has 1 saturated carbocycles. The molecule has 3 heterocycles. The van der Waals surface area contributed by atoms with Gasteiger partial charge in [-0.05, 0) is 62.6 Å². The molecule has 2 fully saturated rings. The monoisotopic (exact) mass is 462 g/mol. The van der Waals surface area contributed by atoms with Crippen molar-refractivity contribution in [2.75, 3.05) is 29.5 Å². The van der Waals surface area contributed by atoms with Crippen molar-refractivity contribution in [1.29, 1.82) is 0 Å². The zero-order chi connectivity index (χ0) is 22.6. The van der Waals surface area contributed by atoms with Crippen LogP contribution in [0.4, 0.5) is 17.5 Å². The maximum Gasteiger partial charge on any atom is 0.271 e. The van der Waals surface area contributed by atoms with Gasteiger partial charge in [0, 0.05) is 31.5 Å². The minimum Gasteiger partial charge on any atom is -0.392 e. The van der Waals surface area contributed by atoms with Crippen molar-refractivity contribution >= 4 is 27.5 Å². The summed E-state index contributed by atoms with van der Waals surface area (Å²) in [5.41, 5.74) is 0.120. The number of β-amino-alcohol motifs (C(OH)–C–C–N with tert-alkyl or cyclic N) is 1. The van der Waals surface area contributed by atoms with Crippen LogP contribution in [0.2, 0.25) is 0 Å². The summed E-state index contributed by atoms with van der Waals surface area (Å²) in [5, 5.41) is 16.1. The molecule has 4 rings (SSSR count). The van der Waals surface area contributed by atoms with Gasteiger partial charge in [0.1, 0.15) is 11.5 Å². The van der Waals surface area contributed by atoms with Crippen LogP contribution in [0.1, 0.15) is 38.5 Å². The van der Waals surface area contributed by atoms with Gasteiger partial charge in [-0.2, -0.15) is 9.29 Å². The number of hydrogen-bond acceptors (Lipinski definition) is 8. The average molecular weight is 463 g/mol. The first kappa shape index (κ1) is 22.7. The topological polar surface area (TPSA) is 140 Å². The molecule has 1 atom stereocenters. The molecule has 1 aliphatic carbocycles. The number of rotatable bonds is 7. The number of nitrogens with zero attached hydrogens (tertiary/aromatic N) is 3. The summed E-state index contributed by atoms with van der Waals surface area (Å²) < 4.78 is 26.9. The van der Waals surface area contributed by atoms with Crippen LogP contribution in [-0.4, -0.2) is 63.8 Å². The Morgan fingerprint density at radius 2 is 2.00 bits per heavy atom. The zero-order valence-electron chi connectivity index (χ0n) is 17.9. The number of aliphatic hydroxyl groups excluding tert-OH is 1. The lowest BCUT2D eigenvalue weighted by atomic mass is 9.87. The summed E-state index contributed by atoms with van der Waals surface area (Å²) in [6.45, 7) is 0.730. The van der Waals surface area contributed by atoms with Gasteiger partial charge >= 0.3 is 0 Å². The van der Waals surface area contributed by atoms with Gasteiger partial charge < -0.3 is 20.7 Å². The van der Waals surface area contributed by atoms with Gasteiger partial charge in [-0.3, -0.25) is 4.79 Å². The standard InChI is InChI=1S/C21H30N6O4S/c28-17-3-2-12-27(13-17)32(30,31)14-15-5-7-16(8-6-15)24-19-9-11-23-21(26-19)25-18-4-1-10-22-20(18)29/h1,4,9-11,15-17,28H,2-3,5-8,12-14H2,(H,22,29)(H2,23,24,25,26)/t15-,16-,17?. The summed E-state index contributed by atoms with van der Waals surface area (Å²) >= 11 is 0. The lowest BCUT2D eigenvalue weighted by molar-refractivity contribution is 0.107. The van der Waals surface area contributed by atoms with Crippen molar-refractivity contribution in [2.45, 2.75) is 50.7 Å². The Morgan fingerprint density at radius 3 is 2.75 bits per heavy atom. The van der Waals surface area contributed by atoms with E-state index in [0.717, 1.165) is 25.7 Å². The van der Waals surface area contributed by atoms with E-state index in [0.29, 0.717) is 36.8 Å². The highest BCUT2D eigenvalue weighted by molar-refractivity contribution is 7.89. The molecule has 1 unspecified atom stereocenters. The molecule has 1 saturated heterocycles. The van der Waals surface area contributed by atoms with Crippen molar-refractivity contribution in [3.8, 4) is 0 Å². The minimum absolute atomic E-state index is 0.129. The number of H-pyrrole nitrogens is 1. The van der Waals surface area contributed by atoms with E-state index in [2.05, 4.69) is 25.6 Å². The number of anilines is 3. The molecule has 4 N–H and O–H groups in total. The molecule has 0 amide bonds. The molecule has 0 aromatic carbocycles. The van der Waals surface area contributed by atoms with E-state index >= 15 is 0 Å². The van der Waals surface area contributed by atoms with Gasteiger partial charge in [0.05, 0.1) is 11.9 Å². The SMILES string of the molecule is O=c1[nH]cccc1Nc1nccc(N[C@H]2CC[C@H](CS(=O)(=O)N3CCCC(O)C3)CC2)n1. The summed E-state index contributed by atoms with van der Waals surface area (Å²) in [5.74, 6) is 1.27. The van der Waals surface area contributed by atoms with Gasteiger partial charge in [-0.15, -0.1) is 0 Å². The van der Waals surface area contributed by atoms with Crippen LogP contribution in [0, 0.1) is 5.92 Å². The lowest BCUT2D eigenvalue weighted by Gasteiger charge is -2.33. The fraction of sp³-hybridized carbons (Fsp3) is 0.571. The molecule has 0 spiro atoms. The highest BCUT2D eigenvalue weighted by atomic mass is 32.2. The summed E-state index contributed by atoms with van der Waals surface area (Å²) in [4.78, 5) is 23.0. The highest BCUT2D eigenvalue weighted by Crippen LogP contribution is 2.29. The van der Waals surface area contributed by atoms with Crippen molar-refractivity contribution < 1.29 is 13.5 Å². The third-order valence-corrected chi connectivity index (χ3v) is 8.13. The second-order valence-electron chi connectivity index (χ2n) is 8.60. The van der Waals surface area contributed by atoms with Crippen LogP contribution in [0.15, 0.2) is 35.4 Å². The molecule has 174 valence electrons. The van der Waals surface area contributed by atoms with Crippen molar-refractivity contribution in [1.82, 2.24) is 19.3 Å². The van der Waals surface area contributed by atoms with E-state index in [-0.39, 0.29) is 29.8 Å². The predicted molar refractivity (Wildman–Crippen MR) is 122 cm³/mol. The van der Waals surface area contributed by atoms with Crippen LogP contribution in [-0.2, 0) is 10.0 Å². The quantitative estimate of drug-likeness (QED) is 0.487. The third kappa shape index (κ3) is 5.84. The van der Waals surface area contributed by atoms with E-state index in [1.54, 1.807) is 30.6 Å². The van der Waals surface area contributed by atoms with Crippen molar-refractivity contribution in [2.24, 2.45) is 5.92 Å². The second kappa shape index (κ2) is 9.97. The molecule has 0 radical (unpaired) electrons. The van der Waals surface area contributed by atoms with Crippen LogP contribution >= 0.6 is 0 Å². The Balaban J connectivity index is 1.29. The van der Waals surface area contributed by atoms with E-state index in [1.165, 1.54) is 4.31 Å². The van der Waals surface area contributed by atoms with Crippen LogP contribution in [0.5, 0.6) is 0 Å². The Bertz CT molecular complexity index is 1070. The van der Waals surface area contributed by atoms with Gasteiger partial charge in [0.25, 0.3) is 5.56 Å². The highest BCUT2D eigenvalue weighted by Gasteiger charge is 2.32. The number of aliphatic hydroxyl groups is 1. The molecule has 32 heavy (non-hydrogen) atoms. The molecule has 2 aromatic heterocycles. The normalized spacial score (nSPS) is 24.7. The van der Waals surface area contributed by atoms with E-state index < -0.39 is 16.1 Å². The largest absolute Gasteiger partial charge is 0.392 e. The second-order valence-corrected chi connectivity index (χ2v) is 10.6. The Kier molecular flexibility index (Phi) is 7.07. The molecule has 11 heteroatoms. The van der Waals surface area contributed by atoms with Crippen LogP contribution in [0.25, 0.3) is 0 Å². The number of nitrogens with one attached hydrogen (secondary N) is 3. The van der Waals surface area contributed by atoms with E-state index in [1.807, 2.05) is 0 Å². The summed E-state index contributed by atoms with van der Waals surface area (Å²) in [6.07, 6.45) is 7.37. The number of hydrogen-bond donors (Lipinski definition) is 4. The summed E-state index contributed by atoms with van der Waals surface area (Å²) in [6, 6.07) is 5.35. The molecule has 10 nitrogen and oxygen atoms in total. The van der Waals surface area contributed by atoms with E-state index in [4.69, 9.17) is 0 Å². The smallest absolute Gasteiger partial charge is 0.271 e. The maximum atomic E-state index is 12.7. The average Bonchev–Trinajstić information content (AvgIpc) is 2.77. The number of sulfonamides is 1. The number of pyridine rings is 1. The van der Waals surface area contributed by atoms with Gasteiger partial charge in [0.2, 0.25) is 16.0 Å². The minimum atomic E-state index is -3.34. The predicted octanol–water partition coefficient (Wildman–Crippen LogP) is 1.67. The molecular weight excluding hydrogens is 432 g/mol. The van der Waals surface area contributed by atoms with Crippen molar-refractivity contribution in [3.05, 3.63) is 40.9 Å². The van der Waals surface area contributed by atoms with Crippen LogP contribution in [0.3, 0.4) is 0 Å². The van der Waals surface area contributed by atoms with Gasteiger partial charge in [-0.1, -0.05) is 0 Å². The fourth-order valence-corrected chi connectivity index (χ4v) is 6.35. The van der Waals surface area contributed by atoms with Crippen LogP contribution < -0.4 is 16.2 Å². The van der Waals surface area contributed by atoms with E-state index in [9.17, 15) is 18.3 Å². The first-order valence-electron chi connectivity index (χ1n) is 11.1. The van der Waals surface area contributed by atoms with Gasteiger partial charge in [-0.25, -0.2) is 13.4 Å². The number of aromatic amines is 1. The molecule has 1 aliphatic heterocycles. The lowest BCUT2D eigenvalue weighted by Crippen LogP contribution is -2.44. The number of piperidine rings is 1. The Hall–Kier alpha value is -2.50. The Labute approximate surface area is 187 Å². The molecule has 2 aliphatic rings. The Morgan fingerprint density at radius 1 is 1.19 bits per heavy atom. The molecule has 2 aromatic rings. The maximum absolute atomic E-state index is 12.7. The zero-order valence-corrected chi connectivity index (χ0v) is 18.7. The molecule has 0 bridgehead atoms.